The van der Waals surface area contributed by atoms with Gasteiger partial charge in [-0.2, -0.15) is 0 Å². The molecule has 0 fully saturated rings. The van der Waals surface area contributed by atoms with Gasteiger partial charge in [0.25, 0.3) is 0 Å². The summed E-state index contributed by atoms with van der Waals surface area (Å²) in [6.07, 6.45) is 0.728. The molecule has 0 unspecified atom stereocenters. The van der Waals surface area contributed by atoms with Crippen molar-refractivity contribution >= 4 is 58.8 Å². The van der Waals surface area contributed by atoms with E-state index in [4.69, 9.17) is 33.7 Å². The van der Waals surface area contributed by atoms with Crippen LogP contribution in [0.4, 0.5) is 5.69 Å². The molecular weight excluding hydrogens is 448 g/mol. The highest BCUT2D eigenvalue weighted by atomic mass is 127. The van der Waals surface area contributed by atoms with E-state index in [9.17, 15) is 0 Å². The number of nitrogens with two attached hydrogens (primary N) is 1. The Balaban J connectivity index is 0.00000264. The first kappa shape index (κ1) is 19.9. The Kier molecular flexibility index (Phi) is 8.51. The number of benzene rings is 2. The van der Waals surface area contributed by atoms with Gasteiger partial charge in [0.05, 0.1) is 12.1 Å². The molecule has 23 heavy (non-hydrogen) atoms. The standard InChI is InChI=1S/C16H17Cl2N3O.HI/c1-22-15-7-6-12(10-14(15)18)21-16(19)20-9-8-11-4-2-3-5-13(11)17;/h2-7,10H,8-9H2,1H3,(H3,19,20,21);1H. The van der Waals surface area contributed by atoms with Gasteiger partial charge in [0, 0.05) is 17.3 Å². The smallest absolute Gasteiger partial charge is 0.193 e. The number of hydrogen-bond acceptors (Lipinski definition) is 2. The van der Waals surface area contributed by atoms with Crippen LogP contribution in [0.25, 0.3) is 0 Å². The van der Waals surface area contributed by atoms with Gasteiger partial charge in [-0.05, 0) is 36.2 Å². The van der Waals surface area contributed by atoms with Gasteiger partial charge < -0.3 is 15.8 Å². The minimum atomic E-state index is 0. The summed E-state index contributed by atoms with van der Waals surface area (Å²) in [5, 5.41) is 4.24. The maximum atomic E-state index is 6.09. The molecule has 2 aromatic carbocycles. The Morgan fingerprint density at radius 3 is 2.57 bits per heavy atom. The lowest BCUT2D eigenvalue weighted by atomic mass is 10.1. The lowest BCUT2D eigenvalue weighted by Crippen LogP contribution is -2.23. The van der Waals surface area contributed by atoms with Crippen molar-refractivity contribution in [2.24, 2.45) is 10.7 Å². The largest absolute Gasteiger partial charge is 0.495 e. The Hall–Kier alpha value is -1.18. The molecule has 2 rings (SSSR count). The summed E-state index contributed by atoms with van der Waals surface area (Å²) < 4.78 is 5.10. The number of rotatable bonds is 5. The quantitative estimate of drug-likeness (QED) is 0.385. The van der Waals surface area contributed by atoms with Gasteiger partial charge in [0.1, 0.15) is 5.75 Å². The molecule has 0 aliphatic carbocycles. The molecule has 0 aliphatic heterocycles. The Labute approximate surface area is 163 Å². The molecule has 0 aromatic heterocycles. The molecular formula is C16H18Cl2IN3O. The summed E-state index contributed by atoms with van der Waals surface area (Å²) in [6, 6.07) is 13.0. The van der Waals surface area contributed by atoms with E-state index in [1.54, 1.807) is 19.2 Å². The first-order valence-corrected chi connectivity index (χ1v) is 7.49. The number of aliphatic imine (C=N–C) groups is 1. The van der Waals surface area contributed by atoms with E-state index >= 15 is 0 Å². The first-order chi connectivity index (χ1) is 10.6. The molecule has 0 amide bonds. The van der Waals surface area contributed by atoms with E-state index in [2.05, 4.69) is 10.3 Å². The van der Waals surface area contributed by atoms with Crippen LogP contribution in [-0.2, 0) is 6.42 Å². The van der Waals surface area contributed by atoms with Crippen LogP contribution >= 0.6 is 47.2 Å². The van der Waals surface area contributed by atoms with E-state index in [-0.39, 0.29) is 24.0 Å². The number of guanidine groups is 1. The molecule has 0 spiro atoms. The third-order valence-corrected chi connectivity index (χ3v) is 3.71. The van der Waals surface area contributed by atoms with Crippen molar-refractivity contribution < 1.29 is 4.74 Å². The number of ether oxygens (including phenoxy) is 1. The Morgan fingerprint density at radius 1 is 1.17 bits per heavy atom. The van der Waals surface area contributed by atoms with Gasteiger partial charge in [0.15, 0.2) is 5.96 Å². The first-order valence-electron chi connectivity index (χ1n) is 6.74. The third kappa shape index (κ3) is 6.08. The molecule has 0 bridgehead atoms. The molecule has 0 aliphatic rings. The molecule has 0 atom stereocenters. The monoisotopic (exact) mass is 465 g/mol. The molecule has 2 aromatic rings. The Bertz CT molecular complexity index is 680. The fourth-order valence-electron chi connectivity index (χ4n) is 1.93. The maximum absolute atomic E-state index is 6.09. The molecule has 0 saturated heterocycles. The molecule has 0 radical (unpaired) electrons. The molecule has 7 heteroatoms. The summed E-state index contributed by atoms with van der Waals surface area (Å²) in [7, 11) is 1.57. The second-order valence-electron chi connectivity index (χ2n) is 4.58. The van der Waals surface area contributed by atoms with Crippen LogP contribution in [0.1, 0.15) is 5.56 Å². The lowest BCUT2D eigenvalue weighted by molar-refractivity contribution is 0.415. The SMILES string of the molecule is COc1ccc(NC(N)=NCCc2ccccc2Cl)cc1Cl.I. The van der Waals surface area contributed by atoms with E-state index in [1.165, 1.54) is 0 Å². The number of halogens is 3. The minimum absolute atomic E-state index is 0. The van der Waals surface area contributed by atoms with E-state index in [1.807, 2.05) is 30.3 Å². The van der Waals surface area contributed by atoms with Gasteiger partial charge in [-0.3, -0.25) is 4.99 Å². The van der Waals surface area contributed by atoms with Crippen molar-refractivity contribution in [1.82, 2.24) is 0 Å². The van der Waals surface area contributed by atoms with Crippen molar-refractivity contribution in [2.75, 3.05) is 19.0 Å². The third-order valence-electron chi connectivity index (χ3n) is 3.05. The van der Waals surface area contributed by atoms with Gasteiger partial charge in [-0.25, -0.2) is 0 Å². The zero-order valence-electron chi connectivity index (χ0n) is 12.6. The van der Waals surface area contributed by atoms with Crippen LogP contribution in [0.3, 0.4) is 0 Å². The fraction of sp³-hybridized carbons (Fsp3) is 0.188. The number of nitrogens with one attached hydrogen (secondary N) is 1. The average Bonchev–Trinajstić information content (AvgIpc) is 2.49. The van der Waals surface area contributed by atoms with Crippen LogP contribution < -0.4 is 15.8 Å². The molecule has 4 nitrogen and oxygen atoms in total. The van der Waals surface area contributed by atoms with Crippen molar-refractivity contribution in [2.45, 2.75) is 6.42 Å². The van der Waals surface area contributed by atoms with Gasteiger partial charge in [-0.15, -0.1) is 24.0 Å². The number of anilines is 1. The zero-order valence-corrected chi connectivity index (χ0v) is 16.4. The summed E-state index contributed by atoms with van der Waals surface area (Å²) in [5.74, 6) is 0.940. The number of nitrogens with zero attached hydrogens (tertiary/aromatic N) is 1. The zero-order chi connectivity index (χ0) is 15.9. The van der Waals surface area contributed by atoms with Crippen molar-refractivity contribution in [1.29, 1.82) is 0 Å². The van der Waals surface area contributed by atoms with Gasteiger partial charge in [0.2, 0.25) is 0 Å². The molecule has 0 saturated carbocycles. The maximum Gasteiger partial charge on any atom is 0.193 e. The highest BCUT2D eigenvalue weighted by molar-refractivity contribution is 14.0. The fourth-order valence-corrected chi connectivity index (χ4v) is 2.42. The highest BCUT2D eigenvalue weighted by Gasteiger charge is 2.03. The number of methoxy groups -OCH3 is 1. The summed E-state index contributed by atoms with van der Waals surface area (Å²) in [6.45, 7) is 0.548. The lowest BCUT2D eigenvalue weighted by Gasteiger charge is -2.08. The minimum Gasteiger partial charge on any atom is -0.495 e. The van der Waals surface area contributed by atoms with Gasteiger partial charge >= 0.3 is 0 Å². The average molecular weight is 466 g/mol. The van der Waals surface area contributed by atoms with Crippen molar-refractivity contribution in [3.8, 4) is 5.75 Å². The second-order valence-corrected chi connectivity index (χ2v) is 5.40. The summed E-state index contributed by atoms with van der Waals surface area (Å²) >= 11 is 12.1. The van der Waals surface area contributed by atoms with Crippen LogP contribution in [0.15, 0.2) is 47.5 Å². The van der Waals surface area contributed by atoms with Gasteiger partial charge in [-0.1, -0.05) is 41.4 Å². The van der Waals surface area contributed by atoms with Crippen LogP contribution in [-0.4, -0.2) is 19.6 Å². The topological polar surface area (TPSA) is 59.6 Å². The van der Waals surface area contributed by atoms with Crippen LogP contribution in [0.5, 0.6) is 5.75 Å². The van der Waals surface area contributed by atoms with Crippen molar-refractivity contribution in [3.05, 3.63) is 58.1 Å². The second kappa shape index (κ2) is 9.85. The van der Waals surface area contributed by atoms with E-state index in [0.717, 1.165) is 22.7 Å². The normalized spacial score (nSPS) is 10.8. The predicted molar refractivity (Wildman–Crippen MR) is 109 cm³/mol. The number of hydrogen-bond donors (Lipinski definition) is 2. The van der Waals surface area contributed by atoms with Crippen molar-refractivity contribution in [3.63, 3.8) is 0 Å². The van der Waals surface area contributed by atoms with E-state index < -0.39 is 0 Å². The Morgan fingerprint density at radius 2 is 1.91 bits per heavy atom. The molecule has 124 valence electrons. The predicted octanol–water partition coefficient (Wildman–Crippen LogP) is 4.59. The molecule has 0 heterocycles. The highest BCUT2D eigenvalue weighted by Crippen LogP contribution is 2.27. The van der Waals surface area contributed by atoms with Crippen LogP contribution in [0, 0.1) is 0 Å². The summed E-state index contributed by atoms with van der Waals surface area (Å²) in [4.78, 5) is 4.28. The van der Waals surface area contributed by atoms with Crippen LogP contribution in [0.2, 0.25) is 10.0 Å². The summed E-state index contributed by atoms with van der Waals surface area (Å²) in [5.41, 5.74) is 7.66. The molecule has 3 N–H and O–H groups in total. The van der Waals surface area contributed by atoms with E-state index in [0.29, 0.717) is 23.3 Å².